The zero-order valence-corrected chi connectivity index (χ0v) is 22.3. The number of fused-ring (bicyclic) bond motifs is 1. The molecule has 13 heteroatoms. The maximum atomic E-state index is 15.4. The zero-order chi connectivity index (χ0) is 29.3. The molecule has 2 aliphatic rings. The van der Waals surface area contributed by atoms with E-state index in [1.165, 1.54) is 32.0 Å². The van der Waals surface area contributed by atoms with Gasteiger partial charge in [-0.2, -0.15) is 27.1 Å². The average molecular weight is 570 g/mol. The molecule has 0 aliphatic carbocycles. The number of hydrogen-bond donors (Lipinski definition) is 2. The third-order valence-electron chi connectivity index (χ3n) is 7.72. The number of nitrogens with zero attached hydrogens (tertiary/aromatic N) is 4. The van der Waals surface area contributed by atoms with E-state index in [9.17, 15) is 27.1 Å². The van der Waals surface area contributed by atoms with Crippen LogP contribution in [0.4, 0.5) is 37.8 Å². The Bertz CT molecular complexity index is 1450. The number of benzene rings is 1. The highest BCUT2D eigenvalue weighted by Crippen LogP contribution is 2.45. The van der Waals surface area contributed by atoms with Crippen molar-refractivity contribution in [2.45, 2.75) is 57.9 Å². The summed E-state index contributed by atoms with van der Waals surface area (Å²) in [6.45, 7) is 6.49. The van der Waals surface area contributed by atoms with Gasteiger partial charge in [-0.1, -0.05) is 12.1 Å². The summed E-state index contributed by atoms with van der Waals surface area (Å²) in [5.41, 5.74) is -4.87. The van der Waals surface area contributed by atoms with Gasteiger partial charge >= 0.3 is 12.1 Å². The monoisotopic (exact) mass is 569 g/mol. The second-order valence-corrected chi connectivity index (χ2v) is 11.3. The molecule has 0 radical (unpaired) electrons. The topological polar surface area (TPSA) is 83.4 Å². The molecule has 0 unspecified atom stereocenters. The summed E-state index contributed by atoms with van der Waals surface area (Å²) < 4.78 is 92.8. The third kappa shape index (κ3) is 4.72. The van der Waals surface area contributed by atoms with Crippen molar-refractivity contribution in [1.29, 1.82) is 0 Å². The lowest BCUT2D eigenvalue weighted by Crippen LogP contribution is -2.44. The summed E-state index contributed by atoms with van der Waals surface area (Å²) in [6, 6.07) is 3.85. The summed E-state index contributed by atoms with van der Waals surface area (Å²) in [6.07, 6.45) is -4.05. The molecule has 7 nitrogen and oxygen atoms in total. The largest absolute Gasteiger partial charge is 0.435 e. The maximum absolute atomic E-state index is 15.4. The highest BCUT2D eigenvalue weighted by atomic mass is 19.4. The highest BCUT2D eigenvalue weighted by Gasteiger charge is 2.49. The van der Waals surface area contributed by atoms with Gasteiger partial charge in [0.2, 0.25) is 0 Å². The van der Waals surface area contributed by atoms with E-state index < -0.39 is 40.8 Å². The van der Waals surface area contributed by atoms with Crippen LogP contribution in [0.1, 0.15) is 55.7 Å². The fourth-order valence-corrected chi connectivity index (χ4v) is 5.25. The molecule has 0 bridgehead atoms. The summed E-state index contributed by atoms with van der Waals surface area (Å²) in [5, 5.41) is 21.1. The molecular weight excluding hydrogens is 540 g/mol. The van der Waals surface area contributed by atoms with E-state index in [2.05, 4.69) is 20.5 Å². The normalized spacial score (nSPS) is 18.3. The molecule has 2 aliphatic heterocycles. The SMILES string of the molecule is Cc1nnc(N[C@H](C)c2cccc(C(F)(F)C(C)(C)O)c2F)c2cc(N3CCC4(COC4)C3)c(C(F)(F)F)nc12. The predicted octanol–water partition coefficient (Wildman–Crippen LogP) is 5.75. The molecule has 1 atom stereocenters. The standard InChI is InChI=1S/C27H29F6N5O2/c1-14(16-6-5-7-18(20(16)28)26(29,30)24(3,4)39)34-23-17-10-19(38-9-8-25(11-38)12-40-13-25)22(27(31,32)33)35-21(17)15(2)36-37-23/h5-7,10,14,39H,8-9,11-13H2,1-4H3,(H,34,37)/t14-/m1/s1. The second-order valence-electron chi connectivity index (χ2n) is 11.3. The van der Waals surface area contributed by atoms with Gasteiger partial charge in [-0.05, 0) is 46.2 Å². The number of aryl methyl sites for hydroxylation is 1. The number of hydrogen-bond acceptors (Lipinski definition) is 7. The third-order valence-corrected chi connectivity index (χ3v) is 7.72. The van der Waals surface area contributed by atoms with Crippen LogP contribution in [0.5, 0.6) is 0 Å². The molecule has 2 saturated heterocycles. The van der Waals surface area contributed by atoms with Crippen molar-refractivity contribution in [1.82, 2.24) is 15.2 Å². The van der Waals surface area contributed by atoms with E-state index >= 15 is 4.39 Å². The van der Waals surface area contributed by atoms with Crippen LogP contribution < -0.4 is 10.2 Å². The minimum atomic E-state index is -4.73. The first kappa shape index (κ1) is 28.3. The van der Waals surface area contributed by atoms with E-state index in [1.54, 1.807) is 4.90 Å². The molecule has 0 amide bonds. The van der Waals surface area contributed by atoms with Gasteiger partial charge < -0.3 is 20.1 Å². The summed E-state index contributed by atoms with van der Waals surface area (Å²) in [4.78, 5) is 5.61. The van der Waals surface area contributed by atoms with Gasteiger partial charge in [-0.15, -0.1) is 5.10 Å². The van der Waals surface area contributed by atoms with E-state index in [0.29, 0.717) is 32.7 Å². The van der Waals surface area contributed by atoms with Gasteiger partial charge in [0.05, 0.1) is 41.7 Å². The van der Waals surface area contributed by atoms with Crippen LogP contribution in [0.2, 0.25) is 0 Å². The van der Waals surface area contributed by atoms with Gasteiger partial charge in [0.15, 0.2) is 11.5 Å². The Hall–Kier alpha value is -3.19. The molecule has 3 aromatic rings. The van der Waals surface area contributed by atoms with E-state index in [-0.39, 0.29) is 39.1 Å². The first-order chi connectivity index (χ1) is 18.5. The molecular formula is C27H29F6N5O2. The Labute approximate surface area is 226 Å². The molecule has 2 aromatic heterocycles. The summed E-state index contributed by atoms with van der Waals surface area (Å²) in [5.74, 6) is -5.09. The van der Waals surface area contributed by atoms with Gasteiger partial charge in [0.1, 0.15) is 11.4 Å². The molecule has 0 saturated carbocycles. The van der Waals surface area contributed by atoms with Gasteiger partial charge in [-0.3, -0.25) is 0 Å². The van der Waals surface area contributed by atoms with Gasteiger partial charge in [0.25, 0.3) is 0 Å². The van der Waals surface area contributed by atoms with Crippen LogP contribution in [-0.4, -0.2) is 52.2 Å². The quantitative estimate of drug-likeness (QED) is 0.366. The fourth-order valence-electron chi connectivity index (χ4n) is 5.25. The molecule has 216 valence electrons. The highest BCUT2D eigenvalue weighted by molar-refractivity contribution is 5.93. The van der Waals surface area contributed by atoms with E-state index in [4.69, 9.17) is 4.74 Å². The van der Waals surface area contributed by atoms with Crippen molar-refractivity contribution >= 4 is 22.4 Å². The lowest BCUT2D eigenvalue weighted by atomic mass is 9.85. The number of aromatic nitrogens is 3. The lowest BCUT2D eigenvalue weighted by Gasteiger charge is -2.38. The van der Waals surface area contributed by atoms with Gasteiger partial charge in [0, 0.05) is 29.5 Å². The molecule has 40 heavy (non-hydrogen) atoms. The number of pyridine rings is 1. The number of aliphatic hydroxyl groups is 1. The maximum Gasteiger partial charge on any atom is 0.435 e. The Balaban J connectivity index is 1.56. The van der Waals surface area contributed by atoms with Crippen LogP contribution in [0.25, 0.3) is 10.9 Å². The van der Waals surface area contributed by atoms with E-state index in [0.717, 1.165) is 19.9 Å². The predicted molar refractivity (Wildman–Crippen MR) is 136 cm³/mol. The number of ether oxygens (including phenoxy) is 1. The van der Waals surface area contributed by atoms with Crippen LogP contribution >= 0.6 is 0 Å². The number of nitrogens with one attached hydrogen (secondary N) is 1. The van der Waals surface area contributed by atoms with Gasteiger partial charge in [-0.25, -0.2) is 9.37 Å². The molecule has 1 aromatic carbocycles. The van der Waals surface area contributed by atoms with Crippen molar-refractivity contribution in [3.63, 3.8) is 0 Å². The smallest absolute Gasteiger partial charge is 0.384 e. The van der Waals surface area contributed by atoms with Crippen LogP contribution in [0.3, 0.4) is 0 Å². The molecule has 2 N–H and O–H groups in total. The van der Waals surface area contributed by atoms with Crippen LogP contribution in [-0.2, 0) is 16.8 Å². The van der Waals surface area contributed by atoms with Crippen molar-refractivity contribution in [3.05, 3.63) is 52.6 Å². The second kappa shape index (κ2) is 9.44. The lowest BCUT2D eigenvalue weighted by molar-refractivity contribution is -0.170. The van der Waals surface area contributed by atoms with Crippen molar-refractivity contribution in [2.75, 3.05) is 36.5 Å². The number of rotatable bonds is 6. The number of alkyl halides is 5. The Morgan fingerprint density at radius 1 is 1.12 bits per heavy atom. The minimum Gasteiger partial charge on any atom is -0.384 e. The van der Waals surface area contributed by atoms with Crippen LogP contribution in [0.15, 0.2) is 24.3 Å². The molecule has 5 rings (SSSR count). The number of halogens is 6. The minimum absolute atomic E-state index is 0.0236. The Kier molecular flexibility index (Phi) is 6.69. The number of anilines is 2. The molecule has 1 spiro atoms. The summed E-state index contributed by atoms with van der Waals surface area (Å²) >= 11 is 0. The molecule has 2 fully saturated rings. The van der Waals surface area contributed by atoms with Crippen molar-refractivity contribution in [2.24, 2.45) is 5.41 Å². The van der Waals surface area contributed by atoms with Crippen LogP contribution in [0, 0.1) is 18.2 Å². The zero-order valence-electron chi connectivity index (χ0n) is 22.3. The first-order valence-corrected chi connectivity index (χ1v) is 12.8. The van der Waals surface area contributed by atoms with E-state index in [1.807, 2.05) is 0 Å². The Morgan fingerprint density at radius 3 is 2.40 bits per heavy atom. The summed E-state index contributed by atoms with van der Waals surface area (Å²) in [7, 11) is 0. The average Bonchev–Trinajstić information content (AvgIpc) is 3.30. The van der Waals surface area contributed by atoms with Crippen molar-refractivity contribution in [3.8, 4) is 0 Å². The first-order valence-electron chi connectivity index (χ1n) is 12.8. The Morgan fingerprint density at radius 2 is 1.82 bits per heavy atom. The van der Waals surface area contributed by atoms with Crippen molar-refractivity contribution < 1.29 is 36.2 Å². The molecule has 4 heterocycles. The fraction of sp³-hybridized carbons (Fsp3) is 0.519.